The first-order chi connectivity index (χ1) is 12.8. The Morgan fingerprint density at radius 2 is 1.85 bits per heavy atom. The first kappa shape index (κ1) is 18.4. The van der Waals surface area contributed by atoms with E-state index in [1.54, 1.807) is 0 Å². The van der Waals surface area contributed by atoms with Crippen molar-refractivity contribution in [1.82, 2.24) is 9.88 Å². The van der Waals surface area contributed by atoms with Gasteiger partial charge in [-0.3, -0.25) is 4.90 Å². The van der Waals surface area contributed by atoms with E-state index in [9.17, 15) is 0 Å². The standard InChI is InChI=1S/C21H28N4O/c1-3-26-23-20(19-9-5-4-8-18(19)2)11-13-24-14-16-25(17-15-24)21-10-6-7-12-22-21/h4-10,12H,3,11,13-17H2,1-2H3/b23-20+. The molecule has 0 bridgehead atoms. The van der Waals surface area contributed by atoms with Crippen molar-refractivity contribution in [3.05, 3.63) is 59.8 Å². The van der Waals surface area contributed by atoms with Gasteiger partial charge in [0.25, 0.3) is 0 Å². The summed E-state index contributed by atoms with van der Waals surface area (Å²) in [5.41, 5.74) is 3.47. The summed E-state index contributed by atoms with van der Waals surface area (Å²) in [6.45, 7) is 9.81. The Labute approximate surface area is 156 Å². The Morgan fingerprint density at radius 1 is 1.08 bits per heavy atom. The fraction of sp³-hybridized carbons (Fsp3) is 0.429. The minimum absolute atomic E-state index is 0.595. The van der Waals surface area contributed by atoms with E-state index >= 15 is 0 Å². The van der Waals surface area contributed by atoms with Gasteiger partial charge in [0.05, 0.1) is 5.71 Å². The molecule has 0 spiro atoms. The quantitative estimate of drug-likeness (QED) is 0.566. The average Bonchev–Trinajstić information content (AvgIpc) is 2.70. The third-order valence-electron chi connectivity index (χ3n) is 4.77. The summed E-state index contributed by atoms with van der Waals surface area (Å²) in [6.07, 6.45) is 2.76. The van der Waals surface area contributed by atoms with Gasteiger partial charge in [0.1, 0.15) is 12.4 Å². The Bertz CT molecular complexity index is 709. The maximum Gasteiger partial charge on any atom is 0.128 e. The third kappa shape index (κ3) is 4.82. The van der Waals surface area contributed by atoms with E-state index in [1.165, 1.54) is 11.1 Å². The first-order valence-electron chi connectivity index (χ1n) is 9.41. The molecule has 2 aromatic rings. The van der Waals surface area contributed by atoms with Crippen molar-refractivity contribution < 1.29 is 4.84 Å². The molecule has 0 radical (unpaired) electrons. The second kappa shape index (κ2) is 9.34. The number of oxime groups is 1. The fourth-order valence-electron chi connectivity index (χ4n) is 3.27. The molecule has 3 rings (SSSR count). The van der Waals surface area contributed by atoms with Crippen LogP contribution >= 0.6 is 0 Å². The molecule has 0 unspecified atom stereocenters. The highest BCUT2D eigenvalue weighted by Crippen LogP contribution is 2.15. The summed E-state index contributed by atoms with van der Waals surface area (Å²) in [5.74, 6) is 1.07. The molecule has 138 valence electrons. The maximum absolute atomic E-state index is 5.37. The van der Waals surface area contributed by atoms with E-state index in [0.29, 0.717) is 6.61 Å². The van der Waals surface area contributed by atoms with Crippen LogP contribution < -0.4 is 4.90 Å². The fourth-order valence-corrected chi connectivity index (χ4v) is 3.27. The van der Waals surface area contributed by atoms with Gasteiger partial charge < -0.3 is 9.74 Å². The zero-order valence-corrected chi connectivity index (χ0v) is 15.8. The lowest BCUT2D eigenvalue weighted by Crippen LogP contribution is -2.47. The molecule has 5 heteroatoms. The third-order valence-corrected chi connectivity index (χ3v) is 4.77. The van der Waals surface area contributed by atoms with Gasteiger partial charge >= 0.3 is 0 Å². The molecule has 1 aliphatic heterocycles. The lowest BCUT2D eigenvalue weighted by atomic mass is 10.0. The molecule has 0 atom stereocenters. The summed E-state index contributed by atoms with van der Waals surface area (Å²) in [7, 11) is 0. The molecule has 1 aromatic heterocycles. The molecule has 2 heterocycles. The number of aryl methyl sites for hydroxylation is 1. The van der Waals surface area contributed by atoms with Gasteiger partial charge in [0.15, 0.2) is 0 Å². The number of pyridine rings is 1. The predicted octanol–water partition coefficient (Wildman–Crippen LogP) is 3.34. The Balaban J connectivity index is 1.56. The van der Waals surface area contributed by atoms with E-state index < -0.39 is 0 Å². The zero-order valence-electron chi connectivity index (χ0n) is 15.8. The van der Waals surface area contributed by atoms with Crippen molar-refractivity contribution in [3.8, 4) is 0 Å². The van der Waals surface area contributed by atoms with Crippen LogP contribution in [0.15, 0.2) is 53.8 Å². The molecule has 0 aliphatic carbocycles. The average molecular weight is 352 g/mol. The van der Waals surface area contributed by atoms with Crippen LogP contribution in [0.5, 0.6) is 0 Å². The number of aromatic nitrogens is 1. The Kier molecular flexibility index (Phi) is 6.61. The molecule has 0 N–H and O–H groups in total. The lowest BCUT2D eigenvalue weighted by Gasteiger charge is -2.35. The van der Waals surface area contributed by atoms with E-state index in [-0.39, 0.29) is 0 Å². The van der Waals surface area contributed by atoms with E-state index in [4.69, 9.17) is 4.84 Å². The highest BCUT2D eigenvalue weighted by atomic mass is 16.6. The molecule has 5 nitrogen and oxygen atoms in total. The van der Waals surface area contributed by atoms with Crippen molar-refractivity contribution in [1.29, 1.82) is 0 Å². The first-order valence-corrected chi connectivity index (χ1v) is 9.41. The molecule has 1 aliphatic rings. The van der Waals surface area contributed by atoms with Gasteiger partial charge in [-0.15, -0.1) is 0 Å². The van der Waals surface area contributed by atoms with Gasteiger partial charge in [-0.1, -0.05) is 35.5 Å². The van der Waals surface area contributed by atoms with Crippen molar-refractivity contribution in [2.75, 3.05) is 44.2 Å². The van der Waals surface area contributed by atoms with Gasteiger partial charge in [0, 0.05) is 50.9 Å². The molecule has 1 fully saturated rings. The highest BCUT2D eigenvalue weighted by molar-refractivity contribution is 6.01. The van der Waals surface area contributed by atoms with Gasteiger partial charge in [-0.25, -0.2) is 4.98 Å². The van der Waals surface area contributed by atoms with Crippen molar-refractivity contribution in [2.24, 2.45) is 5.16 Å². The second-order valence-corrected chi connectivity index (χ2v) is 6.54. The number of nitrogens with zero attached hydrogens (tertiary/aromatic N) is 4. The Hall–Kier alpha value is -2.40. The van der Waals surface area contributed by atoms with Crippen LogP contribution in [0.4, 0.5) is 5.82 Å². The summed E-state index contributed by atoms with van der Waals surface area (Å²) in [5, 5.41) is 4.39. The second-order valence-electron chi connectivity index (χ2n) is 6.54. The van der Waals surface area contributed by atoms with Crippen molar-refractivity contribution >= 4 is 11.5 Å². The normalized spacial score (nSPS) is 15.9. The predicted molar refractivity (Wildman–Crippen MR) is 107 cm³/mol. The van der Waals surface area contributed by atoms with Gasteiger partial charge in [-0.05, 0) is 31.5 Å². The minimum Gasteiger partial charge on any atom is -0.396 e. The smallest absolute Gasteiger partial charge is 0.128 e. The topological polar surface area (TPSA) is 41.0 Å². The van der Waals surface area contributed by atoms with Crippen LogP contribution in [0.1, 0.15) is 24.5 Å². The number of benzene rings is 1. The highest BCUT2D eigenvalue weighted by Gasteiger charge is 2.18. The lowest BCUT2D eigenvalue weighted by molar-refractivity contribution is 0.157. The summed E-state index contributed by atoms with van der Waals surface area (Å²) in [6, 6.07) is 14.5. The SMILES string of the molecule is CCO/N=C(\CCN1CCN(c2ccccn2)CC1)c1ccccc1C. The molecule has 26 heavy (non-hydrogen) atoms. The van der Waals surface area contributed by atoms with E-state index in [2.05, 4.69) is 57.2 Å². The van der Waals surface area contributed by atoms with E-state index in [0.717, 1.165) is 50.7 Å². The molecular weight excluding hydrogens is 324 g/mol. The zero-order chi connectivity index (χ0) is 18.2. The molecule has 0 amide bonds. The Morgan fingerprint density at radius 3 is 2.54 bits per heavy atom. The number of rotatable bonds is 7. The molecular formula is C21H28N4O. The van der Waals surface area contributed by atoms with Crippen LogP contribution in [-0.4, -0.2) is 54.9 Å². The minimum atomic E-state index is 0.595. The summed E-state index contributed by atoms with van der Waals surface area (Å²) < 4.78 is 0. The maximum atomic E-state index is 5.37. The van der Waals surface area contributed by atoms with Crippen LogP contribution in [-0.2, 0) is 4.84 Å². The molecule has 1 aromatic carbocycles. The summed E-state index contributed by atoms with van der Waals surface area (Å²) >= 11 is 0. The van der Waals surface area contributed by atoms with Crippen LogP contribution in [0.2, 0.25) is 0 Å². The monoisotopic (exact) mass is 352 g/mol. The molecule has 1 saturated heterocycles. The number of hydrogen-bond donors (Lipinski definition) is 0. The number of anilines is 1. The van der Waals surface area contributed by atoms with Crippen LogP contribution in [0.25, 0.3) is 0 Å². The van der Waals surface area contributed by atoms with Crippen LogP contribution in [0, 0.1) is 6.92 Å². The molecule has 0 saturated carbocycles. The van der Waals surface area contributed by atoms with Gasteiger partial charge in [0.2, 0.25) is 0 Å². The van der Waals surface area contributed by atoms with Crippen molar-refractivity contribution in [3.63, 3.8) is 0 Å². The summed E-state index contributed by atoms with van der Waals surface area (Å²) in [4.78, 5) is 14.7. The van der Waals surface area contributed by atoms with Gasteiger partial charge in [-0.2, -0.15) is 0 Å². The number of piperazine rings is 1. The van der Waals surface area contributed by atoms with Crippen molar-refractivity contribution in [2.45, 2.75) is 20.3 Å². The van der Waals surface area contributed by atoms with Crippen LogP contribution in [0.3, 0.4) is 0 Å². The number of hydrogen-bond acceptors (Lipinski definition) is 5. The van der Waals surface area contributed by atoms with E-state index in [1.807, 2.05) is 25.3 Å². The largest absolute Gasteiger partial charge is 0.396 e.